The predicted molar refractivity (Wildman–Crippen MR) is 72.1 cm³/mol. The summed E-state index contributed by atoms with van der Waals surface area (Å²) < 4.78 is 0. The number of phenolic OH excluding ortho intramolecular Hbond substituents is 1. The van der Waals surface area contributed by atoms with Gasteiger partial charge in [0, 0.05) is 28.7 Å². The van der Waals surface area contributed by atoms with E-state index in [-0.39, 0.29) is 5.75 Å². The van der Waals surface area contributed by atoms with Crippen LogP contribution in [0.15, 0.2) is 36.5 Å². The highest BCUT2D eigenvalue weighted by atomic mass is 16.3. The Balaban J connectivity index is 2.44. The van der Waals surface area contributed by atoms with Gasteiger partial charge in [0.05, 0.1) is 5.71 Å². The number of hydrogen-bond donors (Lipinski definition) is 3. The second-order valence-corrected chi connectivity index (χ2v) is 4.04. The van der Waals surface area contributed by atoms with Gasteiger partial charge in [-0.25, -0.2) is 0 Å². The number of phenols is 1. The van der Waals surface area contributed by atoms with E-state index in [4.69, 9.17) is 11.1 Å². The van der Waals surface area contributed by atoms with Crippen LogP contribution in [0.25, 0.3) is 0 Å². The Morgan fingerprint density at radius 2 is 2.11 bits per heavy atom. The molecule has 0 aliphatic heterocycles. The number of hydrogen-bond acceptors (Lipinski definition) is 4. The monoisotopic (exact) mass is 241 g/mol. The third kappa shape index (κ3) is 2.32. The molecule has 0 atom stereocenters. The largest absolute Gasteiger partial charge is 0.508 e. The molecular weight excluding hydrogens is 226 g/mol. The second kappa shape index (κ2) is 4.87. The Hall–Kier alpha value is -2.36. The maximum atomic E-state index is 9.47. The van der Waals surface area contributed by atoms with Crippen LogP contribution in [-0.4, -0.2) is 15.8 Å². The molecule has 1 aromatic heterocycles. The first-order valence-corrected chi connectivity index (χ1v) is 5.74. The number of nitrogens with zero attached hydrogens (tertiary/aromatic N) is 1. The van der Waals surface area contributed by atoms with E-state index >= 15 is 0 Å². The van der Waals surface area contributed by atoms with E-state index in [1.165, 1.54) is 12.1 Å². The summed E-state index contributed by atoms with van der Waals surface area (Å²) in [6.45, 7) is 2.01. The number of pyridine rings is 1. The zero-order valence-electron chi connectivity index (χ0n) is 10.1. The summed E-state index contributed by atoms with van der Waals surface area (Å²) in [5, 5.41) is 17.6. The Kier molecular flexibility index (Phi) is 3.28. The van der Waals surface area contributed by atoms with Crippen molar-refractivity contribution in [2.24, 2.45) is 0 Å². The minimum atomic E-state index is 0.105. The molecule has 0 saturated heterocycles. The van der Waals surface area contributed by atoms with Gasteiger partial charge in [-0.15, -0.1) is 0 Å². The van der Waals surface area contributed by atoms with Crippen molar-refractivity contribution in [3.8, 4) is 5.75 Å². The molecule has 1 aromatic carbocycles. The van der Waals surface area contributed by atoms with E-state index in [1.807, 2.05) is 13.0 Å². The van der Waals surface area contributed by atoms with Crippen LogP contribution >= 0.6 is 0 Å². The van der Waals surface area contributed by atoms with Crippen LogP contribution in [0.5, 0.6) is 5.75 Å². The van der Waals surface area contributed by atoms with E-state index in [1.54, 1.807) is 18.3 Å². The molecule has 4 N–H and O–H groups in total. The van der Waals surface area contributed by atoms with E-state index in [2.05, 4.69) is 4.98 Å². The van der Waals surface area contributed by atoms with Gasteiger partial charge < -0.3 is 10.8 Å². The third-order valence-corrected chi connectivity index (χ3v) is 2.77. The van der Waals surface area contributed by atoms with Crippen LogP contribution < -0.4 is 5.73 Å². The third-order valence-electron chi connectivity index (χ3n) is 2.77. The summed E-state index contributed by atoms with van der Waals surface area (Å²) in [6.07, 6.45) is 2.50. The molecule has 0 fully saturated rings. The number of nitrogens with two attached hydrogens (primary N) is 1. The molecule has 18 heavy (non-hydrogen) atoms. The smallest absolute Gasteiger partial charge is 0.116 e. The highest BCUT2D eigenvalue weighted by Gasteiger charge is 2.10. The maximum Gasteiger partial charge on any atom is 0.116 e. The molecule has 0 amide bonds. The molecule has 4 heteroatoms. The van der Waals surface area contributed by atoms with Gasteiger partial charge in [0.2, 0.25) is 0 Å². The zero-order valence-corrected chi connectivity index (χ0v) is 10.1. The van der Waals surface area contributed by atoms with Crippen molar-refractivity contribution >= 4 is 11.4 Å². The number of aromatic hydroxyl groups is 1. The number of nitrogens with one attached hydrogen (secondary N) is 1. The van der Waals surface area contributed by atoms with Gasteiger partial charge in [0.15, 0.2) is 0 Å². The van der Waals surface area contributed by atoms with Crippen molar-refractivity contribution in [1.82, 2.24) is 4.98 Å². The van der Waals surface area contributed by atoms with Crippen molar-refractivity contribution < 1.29 is 5.11 Å². The molecule has 92 valence electrons. The quantitative estimate of drug-likeness (QED) is 0.438. The Labute approximate surface area is 106 Å². The molecule has 0 aliphatic rings. The highest BCUT2D eigenvalue weighted by Crippen LogP contribution is 2.21. The van der Waals surface area contributed by atoms with E-state index in [0.717, 1.165) is 17.7 Å². The molecule has 1 heterocycles. The summed E-state index contributed by atoms with van der Waals surface area (Å²) in [5.41, 5.74) is 8.81. The zero-order chi connectivity index (χ0) is 13.1. The molecule has 2 aromatic rings. The van der Waals surface area contributed by atoms with Crippen LogP contribution in [0.3, 0.4) is 0 Å². The topological polar surface area (TPSA) is 83.0 Å². The first kappa shape index (κ1) is 12.1. The average Bonchev–Trinajstić information content (AvgIpc) is 2.41. The van der Waals surface area contributed by atoms with Gasteiger partial charge in [0.25, 0.3) is 0 Å². The number of rotatable bonds is 3. The Morgan fingerprint density at radius 1 is 1.33 bits per heavy atom. The number of anilines is 1. The Morgan fingerprint density at radius 3 is 2.83 bits per heavy atom. The van der Waals surface area contributed by atoms with Gasteiger partial charge in [-0.1, -0.05) is 6.92 Å². The standard InChI is InChI=1S/C14H15N3O/c1-2-10-7-9(5-6-17-10)14(16)12-8-11(18)3-4-13(12)15/h3-8,16,18H,2,15H2,1H3. The fraction of sp³-hybridized carbons (Fsp3) is 0.143. The van der Waals surface area contributed by atoms with E-state index in [9.17, 15) is 5.11 Å². The van der Waals surface area contributed by atoms with Crippen molar-refractivity contribution in [2.75, 3.05) is 5.73 Å². The molecule has 0 radical (unpaired) electrons. The summed E-state index contributed by atoms with van der Waals surface area (Å²) in [6, 6.07) is 8.25. The summed E-state index contributed by atoms with van der Waals surface area (Å²) in [4.78, 5) is 4.20. The van der Waals surface area contributed by atoms with E-state index in [0.29, 0.717) is 17.0 Å². The lowest BCUT2D eigenvalue weighted by Gasteiger charge is -2.09. The molecule has 0 bridgehead atoms. The van der Waals surface area contributed by atoms with Crippen LogP contribution in [0.2, 0.25) is 0 Å². The predicted octanol–water partition coefficient (Wildman–Crippen LogP) is 2.35. The van der Waals surface area contributed by atoms with Crippen LogP contribution in [-0.2, 0) is 6.42 Å². The lowest BCUT2D eigenvalue weighted by atomic mass is 10.0. The van der Waals surface area contributed by atoms with Crippen molar-refractivity contribution in [3.05, 3.63) is 53.3 Å². The molecule has 0 spiro atoms. The van der Waals surface area contributed by atoms with Crippen LogP contribution in [0.1, 0.15) is 23.7 Å². The number of benzene rings is 1. The first-order chi connectivity index (χ1) is 8.61. The van der Waals surface area contributed by atoms with Gasteiger partial charge in [0.1, 0.15) is 5.75 Å². The number of aryl methyl sites for hydroxylation is 1. The summed E-state index contributed by atoms with van der Waals surface area (Å²) in [5.74, 6) is 0.105. The fourth-order valence-electron chi connectivity index (χ4n) is 1.74. The van der Waals surface area contributed by atoms with Crippen LogP contribution in [0, 0.1) is 5.41 Å². The van der Waals surface area contributed by atoms with Gasteiger partial charge in [-0.2, -0.15) is 0 Å². The molecule has 2 rings (SSSR count). The molecular formula is C14H15N3O. The molecule has 4 nitrogen and oxygen atoms in total. The average molecular weight is 241 g/mol. The number of nitrogen functional groups attached to an aromatic ring is 1. The van der Waals surface area contributed by atoms with Gasteiger partial charge in [-0.05, 0) is 36.8 Å². The normalized spacial score (nSPS) is 10.3. The fourth-order valence-corrected chi connectivity index (χ4v) is 1.74. The van der Waals surface area contributed by atoms with Crippen molar-refractivity contribution in [2.45, 2.75) is 13.3 Å². The minimum absolute atomic E-state index is 0.105. The second-order valence-electron chi connectivity index (χ2n) is 4.04. The Bertz CT molecular complexity index is 593. The van der Waals surface area contributed by atoms with Crippen molar-refractivity contribution in [3.63, 3.8) is 0 Å². The first-order valence-electron chi connectivity index (χ1n) is 5.74. The minimum Gasteiger partial charge on any atom is -0.508 e. The number of aromatic nitrogens is 1. The van der Waals surface area contributed by atoms with Crippen molar-refractivity contribution in [1.29, 1.82) is 5.41 Å². The van der Waals surface area contributed by atoms with Gasteiger partial charge >= 0.3 is 0 Å². The maximum absolute atomic E-state index is 9.47. The lowest BCUT2D eigenvalue weighted by molar-refractivity contribution is 0.475. The highest BCUT2D eigenvalue weighted by molar-refractivity contribution is 6.14. The molecule has 0 unspecified atom stereocenters. The summed E-state index contributed by atoms with van der Waals surface area (Å²) in [7, 11) is 0. The van der Waals surface area contributed by atoms with E-state index < -0.39 is 0 Å². The summed E-state index contributed by atoms with van der Waals surface area (Å²) >= 11 is 0. The van der Waals surface area contributed by atoms with Crippen LogP contribution in [0.4, 0.5) is 5.69 Å². The molecule has 0 saturated carbocycles. The van der Waals surface area contributed by atoms with Gasteiger partial charge in [-0.3, -0.25) is 10.4 Å². The lowest BCUT2D eigenvalue weighted by Crippen LogP contribution is -2.06. The molecule has 0 aliphatic carbocycles. The SMILES string of the molecule is CCc1cc(C(=N)c2cc(O)ccc2N)ccn1.